The maximum Gasteiger partial charge on any atom is 0.204 e. The van der Waals surface area contributed by atoms with Gasteiger partial charge in [-0.15, -0.1) is 0 Å². The van der Waals surface area contributed by atoms with Crippen molar-refractivity contribution in [1.29, 1.82) is 0 Å². The number of anilines is 2. The average molecular weight is 280 g/mol. The molecule has 0 unspecified atom stereocenters. The Balaban J connectivity index is 2.12. The van der Waals surface area contributed by atoms with E-state index < -0.39 is 0 Å². The Labute approximate surface area is 118 Å². The summed E-state index contributed by atoms with van der Waals surface area (Å²) < 4.78 is 2.05. The summed E-state index contributed by atoms with van der Waals surface area (Å²) in [6.45, 7) is 2.64. The fraction of sp³-hybridized carbons (Fsp3) is 0.385. The van der Waals surface area contributed by atoms with Crippen molar-refractivity contribution in [1.82, 2.24) is 14.5 Å². The highest BCUT2D eigenvalue weighted by molar-refractivity contribution is 6.31. The smallest absolute Gasteiger partial charge is 0.204 e. The van der Waals surface area contributed by atoms with E-state index in [9.17, 15) is 0 Å². The molecule has 0 fully saturated rings. The standard InChI is InChI=1S/C13H18ClN5/c1-9-5-11(12(14)16-6-9)15-7-10-8-17-13(18(2)3)19(10)4/h5-6,8,15H,7H2,1-4H3. The van der Waals surface area contributed by atoms with E-state index in [1.807, 2.05) is 49.8 Å². The fourth-order valence-electron chi connectivity index (χ4n) is 1.88. The van der Waals surface area contributed by atoms with Crippen LogP contribution in [0.3, 0.4) is 0 Å². The van der Waals surface area contributed by atoms with Gasteiger partial charge in [0, 0.05) is 27.3 Å². The highest BCUT2D eigenvalue weighted by Crippen LogP contribution is 2.21. The van der Waals surface area contributed by atoms with E-state index in [-0.39, 0.29) is 0 Å². The molecule has 0 aliphatic heterocycles. The molecule has 0 aliphatic carbocycles. The molecular weight excluding hydrogens is 262 g/mol. The zero-order valence-corrected chi connectivity index (χ0v) is 12.4. The average Bonchev–Trinajstić information content (AvgIpc) is 2.72. The van der Waals surface area contributed by atoms with Gasteiger partial charge in [0.2, 0.25) is 5.95 Å². The van der Waals surface area contributed by atoms with Crippen LogP contribution in [0.2, 0.25) is 5.15 Å². The van der Waals surface area contributed by atoms with Gasteiger partial charge in [-0.05, 0) is 18.6 Å². The zero-order chi connectivity index (χ0) is 14.0. The van der Waals surface area contributed by atoms with Crippen LogP contribution < -0.4 is 10.2 Å². The number of halogens is 1. The van der Waals surface area contributed by atoms with E-state index in [4.69, 9.17) is 11.6 Å². The van der Waals surface area contributed by atoms with Crippen LogP contribution in [0.4, 0.5) is 11.6 Å². The summed E-state index contributed by atoms with van der Waals surface area (Å²) in [5, 5.41) is 3.78. The van der Waals surface area contributed by atoms with Gasteiger partial charge in [0.05, 0.1) is 24.1 Å². The molecule has 1 N–H and O–H groups in total. The SMILES string of the molecule is Cc1cnc(Cl)c(NCc2cnc(N(C)C)n2C)c1. The number of aryl methyl sites for hydroxylation is 1. The molecule has 0 spiro atoms. The molecule has 2 heterocycles. The largest absolute Gasteiger partial charge is 0.377 e. The monoisotopic (exact) mass is 279 g/mol. The van der Waals surface area contributed by atoms with Crippen molar-refractivity contribution in [3.05, 3.63) is 34.9 Å². The number of hydrogen-bond donors (Lipinski definition) is 1. The molecule has 0 saturated carbocycles. The van der Waals surface area contributed by atoms with Crippen LogP contribution in [0.25, 0.3) is 0 Å². The van der Waals surface area contributed by atoms with Crippen LogP contribution in [0.1, 0.15) is 11.3 Å². The number of pyridine rings is 1. The molecule has 0 aromatic carbocycles. The van der Waals surface area contributed by atoms with Gasteiger partial charge < -0.3 is 14.8 Å². The second-order valence-electron chi connectivity index (χ2n) is 4.71. The molecule has 0 atom stereocenters. The quantitative estimate of drug-likeness (QED) is 0.874. The summed E-state index contributed by atoms with van der Waals surface area (Å²) in [6.07, 6.45) is 3.61. The second kappa shape index (κ2) is 5.48. The van der Waals surface area contributed by atoms with Gasteiger partial charge in [-0.1, -0.05) is 11.6 Å². The highest BCUT2D eigenvalue weighted by atomic mass is 35.5. The van der Waals surface area contributed by atoms with E-state index in [0.29, 0.717) is 11.7 Å². The Hall–Kier alpha value is -1.75. The van der Waals surface area contributed by atoms with Gasteiger partial charge in [-0.3, -0.25) is 0 Å². The number of aromatic nitrogens is 3. The molecule has 2 aromatic heterocycles. The molecule has 19 heavy (non-hydrogen) atoms. The number of nitrogens with one attached hydrogen (secondary N) is 1. The van der Waals surface area contributed by atoms with Crippen LogP contribution in [0.5, 0.6) is 0 Å². The molecule has 2 aromatic rings. The molecule has 0 saturated heterocycles. The van der Waals surface area contributed by atoms with E-state index >= 15 is 0 Å². The maximum absolute atomic E-state index is 6.05. The lowest BCUT2D eigenvalue weighted by Crippen LogP contribution is -2.15. The van der Waals surface area contributed by atoms with Gasteiger partial charge in [0.25, 0.3) is 0 Å². The van der Waals surface area contributed by atoms with Crippen molar-refractivity contribution in [3.63, 3.8) is 0 Å². The minimum Gasteiger partial charge on any atom is -0.377 e. The lowest BCUT2D eigenvalue weighted by atomic mass is 10.3. The first-order valence-electron chi connectivity index (χ1n) is 6.03. The molecule has 0 bridgehead atoms. The predicted molar refractivity (Wildman–Crippen MR) is 78.8 cm³/mol. The molecule has 102 valence electrons. The van der Waals surface area contributed by atoms with Gasteiger partial charge in [-0.25, -0.2) is 9.97 Å². The van der Waals surface area contributed by atoms with E-state index in [1.165, 1.54) is 0 Å². The van der Waals surface area contributed by atoms with Crippen LogP contribution in [0, 0.1) is 6.92 Å². The van der Waals surface area contributed by atoms with Crippen molar-refractivity contribution in [3.8, 4) is 0 Å². The number of imidazole rings is 1. The summed E-state index contributed by atoms with van der Waals surface area (Å²) in [4.78, 5) is 10.5. The molecule has 6 heteroatoms. The van der Waals surface area contributed by atoms with Gasteiger partial charge in [-0.2, -0.15) is 0 Å². The van der Waals surface area contributed by atoms with Gasteiger partial charge in [0.1, 0.15) is 0 Å². The molecule has 0 amide bonds. The van der Waals surface area contributed by atoms with Crippen LogP contribution in [-0.4, -0.2) is 28.6 Å². The third-order valence-electron chi connectivity index (χ3n) is 2.90. The van der Waals surface area contributed by atoms with Crippen LogP contribution in [0.15, 0.2) is 18.5 Å². The Kier molecular flexibility index (Phi) is 3.95. The highest BCUT2D eigenvalue weighted by Gasteiger charge is 2.08. The predicted octanol–water partition coefficient (Wildman–Crippen LogP) is 2.46. The Bertz CT molecular complexity index is 576. The lowest BCUT2D eigenvalue weighted by Gasteiger charge is -2.13. The molecule has 0 aliphatic rings. The van der Waals surface area contributed by atoms with Crippen molar-refractivity contribution < 1.29 is 0 Å². The van der Waals surface area contributed by atoms with Crippen molar-refractivity contribution >= 4 is 23.2 Å². The third-order valence-corrected chi connectivity index (χ3v) is 3.20. The van der Waals surface area contributed by atoms with E-state index in [1.54, 1.807) is 6.20 Å². The van der Waals surface area contributed by atoms with Crippen molar-refractivity contribution in [2.75, 3.05) is 24.3 Å². The first-order chi connectivity index (χ1) is 8.99. The zero-order valence-electron chi connectivity index (χ0n) is 11.6. The second-order valence-corrected chi connectivity index (χ2v) is 5.07. The fourth-order valence-corrected chi connectivity index (χ4v) is 2.05. The number of nitrogens with zero attached hydrogens (tertiary/aromatic N) is 4. The Morgan fingerprint density at radius 3 is 2.68 bits per heavy atom. The van der Waals surface area contributed by atoms with Crippen LogP contribution >= 0.6 is 11.6 Å². The minimum atomic E-state index is 0.487. The summed E-state index contributed by atoms with van der Waals surface area (Å²) in [7, 11) is 5.94. The summed E-state index contributed by atoms with van der Waals surface area (Å²) in [5.41, 5.74) is 3.00. The number of rotatable bonds is 4. The van der Waals surface area contributed by atoms with Crippen molar-refractivity contribution in [2.45, 2.75) is 13.5 Å². The minimum absolute atomic E-state index is 0.487. The van der Waals surface area contributed by atoms with E-state index in [0.717, 1.165) is 22.9 Å². The summed E-state index contributed by atoms with van der Waals surface area (Å²) in [6, 6.07) is 1.98. The van der Waals surface area contributed by atoms with Crippen molar-refractivity contribution in [2.24, 2.45) is 7.05 Å². The first-order valence-corrected chi connectivity index (χ1v) is 6.40. The summed E-state index contributed by atoms with van der Waals surface area (Å²) >= 11 is 6.05. The topological polar surface area (TPSA) is 46.0 Å². The van der Waals surface area contributed by atoms with Crippen LogP contribution in [-0.2, 0) is 13.6 Å². The maximum atomic E-state index is 6.05. The Morgan fingerprint density at radius 2 is 2.05 bits per heavy atom. The third kappa shape index (κ3) is 2.98. The normalized spacial score (nSPS) is 10.6. The molecule has 0 radical (unpaired) electrons. The van der Waals surface area contributed by atoms with Gasteiger partial charge >= 0.3 is 0 Å². The number of hydrogen-bond acceptors (Lipinski definition) is 4. The molecular formula is C13H18ClN5. The Morgan fingerprint density at radius 1 is 1.32 bits per heavy atom. The van der Waals surface area contributed by atoms with Gasteiger partial charge in [0.15, 0.2) is 5.15 Å². The molecule has 5 nitrogen and oxygen atoms in total. The lowest BCUT2D eigenvalue weighted by molar-refractivity contribution is 0.813. The van der Waals surface area contributed by atoms with E-state index in [2.05, 4.69) is 15.3 Å². The summed E-state index contributed by atoms with van der Waals surface area (Å²) in [5.74, 6) is 0.922. The first kappa shape index (κ1) is 13.7. The molecule has 2 rings (SSSR count).